The third-order valence-corrected chi connectivity index (χ3v) is 5.47. The van der Waals surface area contributed by atoms with Crippen molar-refractivity contribution < 1.29 is 9.59 Å². The van der Waals surface area contributed by atoms with Crippen molar-refractivity contribution in [3.63, 3.8) is 0 Å². The van der Waals surface area contributed by atoms with Gasteiger partial charge in [-0.1, -0.05) is 36.2 Å². The Bertz CT molecular complexity index is 893. The van der Waals surface area contributed by atoms with Gasteiger partial charge in [-0.25, -0.2) is 0 Å². The summed E-state index contributed by atoms with van der Waals surface area (Å²) in [5.74, 6) is -0.0981. The van der Waals surface area contributed by atoms with Crippen molar-refractivity contribution in [2.45, 2.75) is 20.3 Å². The number of aryl methyl sites for hydroxylation is 1. The zero-order valence-corrected chi connectivity index (χ0v) is 17.5. The second kappa shape index (κ2) is 8.84. The summed E-state index contributed by atoms with van der Waals surface area (Å²) in [6, 6.07) is 10.8. The Morgan fingerprint density at radius 1 is 1.00 bits per heavy atom. The highest BCUT2D eigenvalue weighted by atomic mass is 35.5. The van der Waals surface area contributed by atoms with Crippen LogP contribution in [0.4, 0.5) is 11.4 Å². The smallest absolute Gasteiger partial charge is 0.257 e. The van der Waals surface area contributed by atoms with E-state index in [4.69, 9.17) is 23.2 Å². The van der Waals surface area contributed by atoms with Gasteiger partial charge in [0, 0.05) is 38.3 Å². The number of hydrogen-bond acceptors (Lipinski definition) is 3. The number of hydrogen-bond donors (Lipinski definition) is 1. The fourth-order valence-electron chi connectivity index (χ4n) is 3.26. The number of anilines is 2. The minimum Gasteiger partial charge on any atom is -0.367 e. The molecule has 1 saturated heterocycles. The molecule has 3 rings (SSSR count). The number of halogens is 2. The van der Waals surface area contributed by atoms with Gasteiger partial charge >= 0.3 is 0 Å². The number of amides is 2. The second-order valence-corrected chi connectivity index (χ2v) is 7.64. The summed E-state index contributed by atoms with van der Waals surface area (Å²) in [7, 11) is 0. The molecule has 7 heteroatoms. The molecule has 2 aromatic carbocycles. The van der Waals surface area contributed by atoms with Crippen LogP contribution < -0.4 is 10.2 Å². The maximum atomic E-state index is 12.5. The zero-order chi connectivity index (χ0) is 20.3. The number of nitrogens with zero attached hydrogens (tertiary/aromatic N) is 2. The van der Waals surface area contributed by atoms with Crippen LogP contribution in [0.5, 0.6) is 0 Å². The van der Waals surface area contributed by atoms with Crippen molar-refractivity contribution in [2.75, 3.05) is 36.4 Å². The lowest BCUT2D eigenvalue weighted by molar-refractivity contribution is -0.131. The average Bonchev–Trinajstić information content (AvgIpc) is 2.67. The molecule has 0 aromatic heterocycles. The molecule has 0 spiro atoms. The minimum atomic E-state index is -0.277. The van der Waals surface area contributed by atoms with Crippen molar-refractivity contribution in [3.8, 4) is 0 Å². The number of carbonyl (C=O) groups is 2. The van der Waals surface area contributed by atoms with E-state index >= 15 is 0 Å². The molecule has 1 N–H and O–H groups in total. The predicted octanol–water partition coefficient (Wildman–Crippen LogP) is 4.61. The van der Waals surface area contributed by atoms with Gasteiger partial charge in [-0.05, 0) is 42.8 Å². The van der Waals surface area contributed by atoms with Crippen molar-refractivity contribution in [1.82, 2.24) is 4.90 Å². The van der Waals surface area contributed by atoms with Gasteiger partial charge in [0.25, 0.3) is 5.91 Å². The summed E-state index contributed by atoms with van der Waals surface area (Å²) >= 11 is 12.6. The van der Waals surface area contributed by atoms with Gasteiger partial charge < -0.3 is 15.1 Å². The monoisotopic (exact) mass is 419 g/mol. The van der Waals surface area contributed by atoms with E-state index in [9.17, 15) is 9.59 Å². The predicted molar refractivity (Wildman–Crippen MR) is 115 cm³/mol. The van der Waals surface area contributed by atoms with Gasteiger partial charge in [0.05, 0.1) is 21.3 Å². The normalized spacial score (nSPS) is 14.1. The minimum absolute atomic E-state index is 0.179. The molecule has 0 unspecified atom stereocenters. The molecule has 0 atom stereocenters. The maximum Gasteiger partial charge on any atom is 0.257 e. The van der Waals surface area contributed by atoms with E-state index in [2.05, 4.69) is 10.2 Å². The van der Waals surface area contributed by atoms with Crippen molar-refractivity contribution in [2.24, 2.45) is 0 Å². The molecule has 0 saturated carbocycles. The van der Waals surface area contributed by atoms with Crippen molar-refractivity contribution in [3.05, 3.63) is 57.6 Å². The highest BCUT2D eigenvalue weighted by molar-refractivity contribution is 6.35. The third-order valence-electron chi connectivity index (χ3n) is 4.85. The average molecular weight is 420 g/mol. The zero-order valence-electron chi connectivity index (χ0n) is 16.0. The fraction of sp³-hybridized carbons (Fsp3) is 0.333. The van der Waals surface area contributed by atoms with Gasteiger partial charge in [0.15, 0.2) is 0 Å². The first-order valence-corrected chi connectivity index (χ1v) is 10.0. The standard InChI is InChI=1S/C21H23Cl2N3O2/c1-3-20(27)26-10-8-25(9-11-26)19-7-5-15(13-18(19)23)24-21(28)16-6-4-14(2)12-17(16)22/h4-7,12-13H,3,8-11H2,1-2H3,(H,24,28). The van der Waals surface area contributed by atoms with Crippen LogP contribution in [0.15, 0.2) is 36.4 Å². The second-order valence-electron chi connectivity index (χ2n) is 6.83. The molecule has 0 bridgehead atoms. The third kappa shape index (κ3) is 4.59. The molecule has 5 nitrogen and oxygen atoms in total. The maximum absolute atomic E-state index is 12.5. The molecule has 0 aliphatic carbocycles. The molecule has 1 fully saturated rings. The summed E-state index contributed by atoms with van der Waals surface area (Å²) < 4.78 is 0. The fourth-order valence-corrected chi connectivity index (χ4v) is 3.89. The van der Waals surface area contributed by atoms with E-state index in [0.717, 1.165) is 24.3 Å². The van der Waals surface area contributed by atoms with E-state index in [1.165, 1.54) is 0 Å². The quantitative estimate of drug-likeness (QED) is 0.786. The van der Waals surface area contributed by atoms with E-state index in [0.29, 0.717) is 40.8 Å². The number of benzene rings is 2. The van der Waals surface area contributed by atoms with Crippen LogP contribution in [0.25, 0.3) is 0 Å². The lowest BCUT2D eigenvalue weighted by atomic mass is 10.1. The Morgan fingerprint density at radius 3 is 2.32 bits per heavy atom. The van der Waals surface area contributed by atoms with Crippen LogP contribution in [0.1, 0.15) is 29.3 Å². The molecule has 148 valence electrons. The van der Waals surface area contributed by atoms with Gasteiger partial charge in [-0.2, -0.15) is 0 Å². The largest absolute Gasteiger partial charge is 0.367 e. The van der Waals surface area contributed by atoms with Crippen LogP contribution in [0, 0.1) is 6.92 Å². The topological polar surface area (TPSA) is 52.7 Å². The van der Waals surface area contributed by atoms with E-state index in [-0.39, 0.29) is 11.8 Å². The molecular weight excluding hydrogens is 397 g/mol. The van der Waals surface area contributed by atoms with E-state index in [1.54, 1.807) is 18.2 Å². The first kappa shape index (κ1) is 20.5. The first-order chi connectivity index (χ1) is 13.4. The Kier molecular flexibility index (Phi) is 6.47. The van der Waals surface area contributed by atoms with E-state index in [1.807, 2.05) is 36.9 Å². The Labute approximate surface area is 175 Å². The van der Waals surface area contributed by atoms with Crippen LogP contribution >= 0.6 is 23.2 Å². The summed E-state index contributed by atoms with van der Waals surface area (Å²) in [5.41, 5.74) is 2.92. The number of piperazine rings is 1. The number of carbonyl (C=O) groups excluding carboxylic acids is 2. The van der Waals surface area contributed by atoms with Crippen LogP contribution in [-0.2, 0) is 4.79 Å². The van der Waals surface area contributed by atoms with E-state index < -0.39 is 0 Å². The van der Waals surface area contributed by atoms with Gasteiger partial charge in [-0.15, -0.1) is 0 Å². The van der Waals surface area contributed by atoms with Gasteiger partial charge in [-0.3, -0.25) is 9.59 Å². The lowest BCUT2D eigenvalue weighted by Crippen LogP contribution is -2.48. The van der Waals surface area contributed by atoms with Gasteiger partial charge in [0.2, 0.25) is 5.91 Å². The van der Waals surface area contributed by atoms with Crippen LogP contribution in [-0.4, -0.2) is 42.9 Å². The molecule has 28 heavy (non-hydrogen) atoms. The van der Waals surface area contributed by atoms with Crippen molar-refractivity contribution >= 4 is 46.4 Å². The Hall–Kier alpha value is -2.24. The summed E-state index contributed by atoms with van der Waals surface area (Å²) in [6.07, 6.45) is 0.528. The van der Waals surface area contributed by atoms with Crippen LogP contribution in [0.3, 0.4) is 0 Å². The molecule has 0 radical (unpaired) electrons. The SMILES string of the molecule is CCC(=O)N1CCN(c2ccc(NC(=O)c3ccc(C)cc3Cl)cc2Cl)CC1. The summed E-state index contributed by atoms with van der Waals surface area (Å²) in [5, 5.41) is 3.81. The lowest BCUT2D eigenvalue weighted by Gasteiger charge is -2.36. The number of nitrogens with one attached hydrogen (secondary N) is 1. The highest BCUT2D eigenvalue weighted by Gasteiger charge is 2.21. The molecule has 1 heterocycles. The van der Waals surface area contributed by atoms with Gasteiger partial charge in [0.1, 0.15) is 0 Å². The molecule has 2 amide bonds. The molecular formula is C21H23Cl2N3O2. The highest BCUT2D eigenvalue weighted by Crippen LogP contribution is 2.30. The Balaban J connectivity index is 1.67. The summed E-state index contributed by atoms with van der Waals surface area (Å²) in [6.45, 7) is 6.64. The first-order valence-electron chi connectivity index (χ1n) is 9.29. The molecule has 2 aromatic rings. The Morgan fingerprint density at radius 2 is 1.71 bits per heavy atom. The molecule has 1 aliphatic rings. The summed E-state index contributed by atoms with van der Waals surface area (Å²) in [4.78, 5) is 28.3. The van der Waals surface area contributed by atoms with Crippen LogP contribution in [0.2, 0.25) is 10.0 Å². The molecule has 1 aliphatic heterocycles. The number of rotatable bonds is 4. The van der Waals surface area contributed by atoms with Crippen molar-refractivity contribution in [1.29, 1.82) is 0 Å².